The number of hydrogen-bond acceptors (Lipinski definition) is 21. The van der Waals surface area contributed by atoms with Crippen molar-refractivity contribution >= 4 is 119 Å². The van der Waals surface area contributed by atoms with Gasteiger partial charge in [-0.25, -0.2) is 9.78 Å². The molecule has 0 unspecified atom stereocenters. The molecular formula is C70H99N17O16S3. The van der Waals surface area contributed by atoms with E-state index in [1.165, 1.54) is 68.7 Å². The van der Waals surface area contributed by atoms with Crippen LogP contribution in [0.1, 0.15) is 89.1 Å². The van der Waals surface area contributed by atoms with Crippen molar-refractivity contribution in [1.82, 2.24) is 67.5 Å². The number of rotatable bonds is 41. The van der Waals surface area contributed by atoms with Crippen LogP contribution in [0.2, 0.25) is 0 Å². The molecule has 1 saturated heterocycles. The number of carbonyl (C=O) groups is 13. The van der Waals surface area contributed by atoms with Crippen LogP contribution in [0.3, 0.4) is 0 Å². The molecule has 1 fully saturated rings. The van der Waals surface area contributed by atoms with E-state index >= 15 is 0 Å². The second kappa shape index (κ2) is 42.3. The number of thiol groups is 2. The van der Waals surface area contributed by atoms with Crippen molar-refractivity contribution < 1.29 is 77.6 Å². The standard InChI is InChI=1S/C70H99N17O16S3/c1-39(2)28-53(64(98)81-50(31-43-22-24-45(89)25-23-43)67(101)87-27-15-21-52(87)63(97)82-51(36-104)68(102)103)86(7)56(92)35-85(6)55(91)34-76-60(94)47(29-41-16-10-8-11-17-41)80-61(95)49(32-44-37-106-38-77-44)78-54(90)33-75-65(99)57(40(3)88)83-66(100)58(70(4,5)105)84-62(96)48(30-42-18-12-9-13-19-42)79-59(93)46(71)20-14-26-74-69(72)73/h8-13,16-19,22-25,37-40,46-53,57-58,88-89,104-105H,14-15,20-21,26-36,71H2,1-7H3,(H,75,99)(H,76,94)(H,78,90)(H,79,93)(H,80,95)(H,81,98)(H,82,97)(H,83,100)(H,84,96)(H,102,103)(H4,72,73,74)/t40-,46+,47+,48+,49+,50+,51+,52+,53+,57+,58-/m1/s1. The smallest absolute Gasteiger partial charge is 0.327 e. The van der Waals surface area contributed by atoms with Crippen molar-refractivity contribution in [3.63, 3.8) is 0 Å². The number of likely N-dealkylation sites (tertiary alicyclic amines) is 1. The van der Waals surface area contributed by atoms with Crippen molar-refractivity contribution in [2.24, 2.45) is 28.1 Å². The van der Waals surface area contributed by atoms with E-state index in [0.717, 1.165) is 9.80 Å². The third-order valence-corrected chi connectivity index (χ3v) is 18.4. The van der Waals surface area contributed by atoms with Gasteiger partial charge in [0.2, 0.25) is 70.9 Å². The first-order valence-corrected chi connectivity index (χ1v) is 36.3. The van der Waals surface area contributed by atoms with Gasteiger partial charge in [0.15, 0.2) is 5.96 Å². The first-order valence-electron chi connectivity index (χ1n) is 34.3. The molecule has 106 heavy (non-hydrogen) atoms. The van der Waals surface area contributed by atoms with Crippen LogP contribution in [-0.2, 0) is 88.0 Å². The number of nitrogens with two attached hydrogens (primary N) is 3. The number of carboxylic acids is 1. The van der Waals surface area contributed by atoms with Gasteiger partial charge in [0.25, 0.3) is 0 Å². The van der Waals surface area contributed by atoms with Gasteiger partial charge in [-0.1, -0.05) is 86.6 Å². The Bertz CT molecular complexity index is 3680. The van der Waals surface area contributed by atoms with E-state index in [0.29, 0.717) is 35.2 Å². The maximum absolute atomic E-state index is 14.5. The summed E-state index contributed by atoms with van der Waals surface area (Å²) in [6.45, 7) is 5.97. The number of carbonyl (C=O) groups excluding carboxylic acids is 12. The topological polar surface area (TPSA) is 504 Å². The van der Waals surface area contributed by atoms with E-state index in [-0.39, 0.29) is 81.4 Å². The highest BCUT2D eigenvalue weighted by Crippen LogP contribution is 2.23. The van der Waals surface area contributed by atoms with Gasteiger partial charge in [0.1, 0.15) is 60.1 Å². The number of aliphatic hydroxyl groups is 1. The molecule has 0 spiro atoms. The Morgan fingerprint density at radius 2 is 1.24 bits per heavy atom. The Hall–Kier alpha value is -9.91. The molecule has 11 atom stereocenters. The molecule has 0 radical (unpaired) electrons. The molecule has 33 nitrogen and oxygen atoms in total. The lowest BCUT2D eigenvalue weighted by Gasteiger charge is -2.33. The summed E-state index contributed by atoms with van der Waals surface area (Å²) >= 11 is 9.80. The summed E-state index contributed by atoms with van der Waals surface area (Å²) < 4.78 is -1.36. The van der Waals surface area contributed by atoms with Gasteiger partial charge >= 0.3 is 5.97 Å². The summed E-state index contributed by atoms with van der Waals surface area (Å²) in [5, 5.41) is 55.1. The Morgan fingerprint density at radius 3 is 1.79 bits per heavy atom. The van der Waals surface area contributed by atoms with Crippen LogP contribution < -0.4 is 65.1 Å². The van der Waals surface area contributed by atoms with E-state index in [2.05, 4.69) is 83.1 Å². The van der Waals surface area contributed by atoms with Gasteiger partial charge in [-0.15, -0.1) is 11.3 Å². The zero-order valence-corrected chi connectivity index (χ0v) is 62.8. The fraction of sp³-hybridized carbons (Fsp3) is 0.500. The molecular weight excluding hydrogens is 1430 g/mol. The molecule has 0 bridgehead atoms. The lowest BCUT2D eigenvalue weighted by molar-refractivity contribution is -0.146. The monoisotopic (exact) mass is 1530 g/mol. The Kier molecular flexibility index (Phi) is 34.6. The quantitative estimate of drug-likeness (QED) is 0.00949. The number of carboxylic acid groups (broad SMARTS) is 1. The maximum atomic E-state index is 14.5. The first kappa shape index (κ1) is 86.7. The molecule has 1 aromatic heterocycles. The average Bonchev–Trinajstić information content (AvgIpc) is 1.70. The van der Waals surface area contributed by atoms with E-state index in [9.17, 15) is 77.6 Å². The van der Waals surface area contributed by atoms with Gasteiger partial charge in [-0.05, 0) is 87.6 Å². The highest BCUT2D eigenvalue weighted by molar-refractivity contribution is 7.81. The Morgan fingerprint density at radius 1 is 0.679 bits per heavy atom. The van der Waals surface area contributed by atoms with Crippen LogP contribution in [0.4, 0.5) is 0 Å². The lowest BCUT2D eigenvalue weighted by atomic mass is 9.99. The van der Waals surface area contributed by atoms with E-state index in [4.69, 9.17) is 17.2 Å². The molecule has 3 aromatic carbocycles. The van der Waals surface area contributed by atoms with E-state index in [1.807, 2.05) is 0 Å². The molecule has 12 amide bonds. The zero-order valence-electron chi connectivity index (χ0n) is 60.2. The number of nitrogens with one attached hydrogen (secondary N) is 9. The number of guanidine groups is 1. The molecule has 0 aliphatic carbocycles. The zero-order chi connectivity index (χ0) is 78.5. The third-order valence-electron chi connectivity index (χ3n) is 17.1. The Balaban J connectivity index is 1.25. The summed E-state index contributed by atoms with van der Waals surface area (Å²) in [5.74, 6) is -11.8. The minimum Gasteiger partial charge on any atom is -0.508 e. The number of phenols is 1. The highest BCUT2D eigenvalue weighted by Gasteiger charge is 2.42. The predicted molar refractivity (Wildman–Crippen MR) is 400 cm³/mol. The summed E-state index contributed by atoms with van der Waals surface area (Å²) in [6, 6.07) is 9.57. The average molecular weight is 1530 g/mol. The number of aromatic nitrogens is 1. The minimum absolute atomic E-state index is 0.0349. The van der Waals surface area contributed by atoms with E-state index < -0.39 is 168 Å². The number of nitrogens with zero attached hydrogens (tertiary/aromatic N) is 5. The van der Waals surface area contributed by atoms with Gasteiger partial charge in [-0.3, -0.25) is 62.5 Å². The molecule has 0 saturated carbocycles. The second-order valence-corrected chi connectivity index (χ2v) is 29.0. The minimum atomic E-state index is -1.75. The fourth-order valence-electron chi connectivity index (χ4n) is 11.2. The number of aromatic hydroxyl groups is 1. The number of aliphatic carboxylic acids is 1. The third kappa shape index (κ3) is 28.2. The molecule has 18 N–H and O–H groups in total. The maximum Gasteiger partial charge on any atom is 0.327 e. The van der Waals surface area contributed by atoms with Gasteiger partial charge < -0.3 is 95.1 Å². The molecule has 36 heteroatoms. The van der Waals surface area contributed by atoms with E-state index in [1.54, 1.807) is 92.0 Å². The number of aliphatic imine (C=N–C) groups is 1. The van der Waals surface area contributed by atoms with Crippen LogP contribution in [0.25, 0.3) is 0 Å². The van der Waals surface area contributed by atoms with Gasteiger partial charge in [0, 0.05) is 68.7 Å². The normalized spacial score (nSPS) is 15.5. The fourth-order valence-corrected chi connectivity index (χ4v) is 12.2. The molecule has 1 aliphatic rings. The van der Waals surface area contributed by atoms with Crippen molar-refractivity contribution in [3.8, 4) is 5.75 Å². The number of hydrogen-bond donors (Lipinski definition) is 17. The number of benzene rings is 3. The second-order valence-electron chi connectivity index (χ2n) is 26.7. The van der Waals surface area contributed by atoms with Crippen molar-refractivity contribution in [3.05, 3.63) is 118 Å². The largest absolute Gasteiger partial charge is 0.508 e. The van der Waals surface area contributed by atoms with Crippen LogP contribution in [0.5, 0.6) is 5.75 Å². The Labute approximate surface area is 629 Å². The summed E-state index contributed by atoms with van der Waals surface area (Å²) in [7, 11) is 2.64. The molecule has 578 valence electrons. The molecule has 2 heterocycles. The summed E-state index contributed by atoms with van der Waals surface area (Å²) in [4.78, 5) is 192. The summed E-state index contributed by atoms with van der Waals surface area (Å²) in [6.07, 6.45) is -0.944. The molecule has 5 rings (SSSR count). The van der Waals surface area contributed by atoms with Crippen LogP contribution in [0, 0.1) is 5.92 Å². The van der Waals surface area contributed by atoms with Crippen LogP contribution in [0.15, 0.2) is 101 Å². The summed E-state index contributed by atoms with van der Waals surface area (Å²) in [5.41, 5.74) is 20.5. The number of amides is 12. The SMILES string of the molecule is CC(C)C[C@@H](C(=O)N[C@@H](Cc1ccc(O)cc1)C(=O)N1CCC[C@H]1C(=O)N[C@@H](CS)C(=O)O)N(C)C(=O)CN(C)C(=O)CNC(=O)[C@H](Cc1ccccc1)NC(=O)[C@H](Cc1cscn1)NC(=O)CNC(=O)[C@@H](NC(=O)[C@@H](NC(=O)[C@H](Cc1ccccc1)NC(=O)[C@@H](N)CCCN=C(N)N)C(C)(C)S)[C@@H](C)O. The van der Waals surface area contributed by atoms with Gasteiger partial charge in [0.05, 0.1) is 43.0 Å². The van der Waals surface area contributed by atoms with Gasteiger partial charge in [-0.2, -0.15) is 25.3 Å². The lowest BCUT2D eigenvalue weighted by Crippen LogP contribution is -2.63. The first-order chi connectivity index (χ1) is 50.1. The number of thiazole rings is 1. The molecule has 4 aromatic rings. The predicted octanol–water partition coefficient (Wildman–Crippen LogP) is -2.45. The number of likely N-dealkylation sites (N-methyl/N-ethyl adjacent to an activating group) is 2. The van der Waals surface area contributed by atoms with Crippen molar-refractivity contribution in [2.75, 3.05) is 52.6 Å². The number of phenolic OH excluding ortho intramolecular Hbond substituents is 1. The highest BCUT2D eigenvalue weighted by atomic mass is 32.1. The van der Waals surface area contributed by atoms with Crippen molar-refractivity contribution in [1.29, 1.82) is 0 Å². The number of aliphatic hydroxyl groups excluding tert-OH is 1. The van der Waals surface area contributed by atoms with Crippen molar-refractivity contribution in [2.45, 2.75) is 164 Å². The van der Waals surface area contributed by atoms with Crippen LogP contribution >= 0.6 is 36.6 Å². The molecule has 1 aliphatic heterocycles. The van der Waals surface area contributed by atoms with Crippen LogP contribution in [-0.4, -0.2) is 242 Å².